The average Bonchev–Trinajstić information content (AvgIpc) is 3.95. The standard InChI is InChI=1S/C65H70O9/c1-3-64(66)72-43-17-9-6-14-40-69-60-36-32-54-45-51(25-30-56(54)48-60)22-21-50-27-34-58(35-28-50)68-39-13-5-8-16-42-71-62-38-29-53(47-63(62)74-59-19-11-12-20-59)24-23-52-26-31-57-49-61(37-33-55(57)46-52)70-41-15-7-10-18-44-73-65(67)4-2/h3-4,25-38,45-49,59H,1-2,5-20,39-44H2. The molecule has 0 aliphatic heterocycles. The summed E-state index contributed by atoms with van der Waals surface area (Å²) in [6.45, 7) is 10.3. The quantitative estimate of drug-likeness (QED) is 0.0197. The van der Waals surface area contributed by atoms with Crippen LogP contribution in [0.3, 0.4) is 0 Å². The summed E-state index contributed by atoms with van der Waals surface area (Å²) >= 11 is 0. The molecular formula is C65H70O9. The van der Waals surface area contributed by atoms with E-state index in [1.54, 1.807) is 0 Å². The zero-order valence-corrected chi connectivity index (χ0v) is 42.8. The van der Waals surface area contributed by atoms with E-state index in [1.165, 1.54) is 25.0 Å². The fourth-order valence-electron chi connectivity index (χ4n) is 8.58. The number of esters is 2. The first-order chi connectivity index (χ1) is 36.4. The highest BCUT2D eigenvalue weighted by atomic mass is 16.5. The molecule has 7 rings (SSSR count). The van der Waals surface area contributed by atoms with Crippen molar-refractivity contribution in [2.45, 2.75) is 109 Å². The van der Waals surface area contributed by atoms with Gasteiger partial charge in [0.15, 0.2) is 11.5 Å². The van der Waals surface area contributed by atoms with Crippen molar-refractivity contribution < 1.29 is 42.7 Å². The lowest BCUT2D eigenvalue weighted by molar-refractivity contribution is -0.138. The Morgan fingerprint density at radius 2 is 0.784 bits per heavy atom. The Hall–Kier alpha value is -7.62. The van der Waals surface area contributed by atoms with Crippen LogP contribution in [0.5, 0.6) is 28.7 Å². The Morgan fingerprint density at radius 1 is 0.405 bits per heavy atom. The van der Waals surface area contributed by atoms with Crippen molar-refractivity contribution in [3.63, 3.8) is 0 Å². The van der Waals surface area contributed by atoms with E-state index in [0.717, 1.165) is 162 Å². The molecule has 1 aliphatic rings. The van der Waals surface area contributed by atoms with Crippen LogP contribution >= 0.6 is 0 Å². The van der Waals surface area contributed by atoms with Crippen LogP contribution in [0.4, 0.5) is 0 Å². The smallest absolute Gasteiger partial charge is 0.330 e. The summed E-state index contributed by atoms with van der Waals surface area (Å²) in [4.78, 5) is 22.3. The molecule has 0 unspecified atom stereocenters. The van der Waals surface area contributed by atoms with Gasteiger partial charge in [0.2, 0.25) is 0 Å². The summed E-state index contributed by atoms with van der Waals surface area (Å²) in [6.07, 6.45) is 18.7. The van der Waals surface area contributed by atoms with Crippen LogP contribution in [0, 0.1) is 23.7 Å². The van der Waals surface area contributed by atoms with Gasteiger partial charge in [0, 0.05) is 34.4 Å². The molecule has 1 aliphatic carbocycles. The number of carbonyl (C=O) groups is 2. The summed E-state index contributed by atoms with van der Waals surface area (Å²) < 4.78 is 41.0. The van der Waals surface area contributed by atoms with Gasteiger partial charge >= 0.3 is 11.9 Å². The average molecular weight is 995 g/mol. The fraction of sp³-hybridized carbons (Fsp3) is 0.354. The first-order valence-corrected chi connectivity index (χ1v) is 26.5. The molecule has 1 saturated carbocycles. The maximum absolute atomic E-state index is 11.1. The van der Waals surface area contributed by atoms with E-state index in [9.17, 15) is 9.59 Å². The van der Waals surface area contributed by atoms with Gasteiger partial charge in [-0.2, -0.15) is 0 Å². The number of benzene rings is 6. The van der Waals surface area contributed by atoms with Crippen molar-refractivity contribution in [3.8, 4) is 52.4 Å². The molecule has 0 atom stereocenters. The van der Waals surface area contributed by atoms with Crippen molar-refractivity contribution in [1.29, 1.82) is 0 Å². The molecule has 6 aromatic carbocycles. The van der Waals surface area contributed by atoms with E-state index in [4.69, 9.17) is 33.2 Å². The summed E-state index contributed by atoms with van der Waals surface area (Å²) in [6, 6.07) is 38.9. The lowest BCUT2D eigenvalue weighted by Gasteiger charge is -2.17. The van der Waals surface area contributed by atoms with Gasteiger partial charge in [0.05, 0.1) is 45.7 Å². The summed E-state index contributed by atoms with van der Waals surface area (Å²) in [5.41, 5.74) is 3.72. The molecule has 0 bridgehead atoms. The molecular weight excluding hydrogens is 925 g/mol. The van der Waals surface area contributed by atoms with Gasteiger partial charge in [-0.15, -0.1) is 0 Å². The predicted molar refractivity (Wildman–Crippen MR) is 295 cm³/mol. The lowest BCUT2D eigenvalue weighted by Crippen LogP contribution is -2.12. The van der Waals surface area contributed by atoms with Gasteiger partial charge in [-0.3, -0.25) is 0 Å². The Bertz CT molecular complexity index is 2890. The zero-order valence-electron chi connectivity index (χ0n) is 42.8. The maximum Gasteiger partial charge on any atom is 0.330 e. The van der Waals surface area contributed by atoms with Crippen LogP contribution < -0.4 is 23.7 Å². The third kappa shape index (κ3) is 18.8. The Morgan fingerprint density at radius 3 is 1.28 bits per heavy atom. The van der Waals surface area contributed by atoms with Crippen LogP contribution in [0.2, 0.25) is 0 Å². The van der Waals surface area contributed by atoms with Gasteiger partial charge < -0.3 is 33.2 Å². The van der Waals surface area contributed by atoms with Gasteiger partial charge in [0.25, 0.3) is 0 Å². The molecule has 0 saturated heterocycles. The summed E-state index contributed by atoms with van der Waals surface area (Å²) in [5.74, 6) is 16.7. The highest BCUT2D eigenvalue weighted by Crippen LogP contribution is 2.33. The molecule has 0 aromatic heterocycles. The summed E-state index contributed by atoms with van der Waals surface area (Å²) in [5, 5.41) is 4.44. The van der Waals surface area contributed by atoms with E-state index in [2.05, 4.69) is 91.4 Å². The lowest BCUT2D eigenvalue weighted by atomic mass is 10.1. The zero-order chi connectivity index (χ0) is 51.4. The summed E-state index contributed by atoms with van der Waals surface area (Å²) in [7, 11) is 0. The molecule has 0 N–H and O–H groups in total. The van der Waals surface area contributed by atoms with Crippen LogP contribution in [0.25, 0.3) is 21.5 Å². The second kappa shape index (κ2) is 30.4. The molecule has 9 heteroatoms. The van der Waals surface area contributed by atoms with E-state index in [0.29, 0.717) is 39.6 Å². The van der Waals surface area contributed by atoms with Crippen LogP contribution in [0.1, 0.15) is 125 Å². The fourth-order valence-corrected chi connectivity index (χ4v) is 8.58. The number of hydrogen-bond donors (Lipinski definition) is 0. The van der Waals surface area contributed by atoms with Gasteiger partial charge in [-0.1, -0.05) is 61.1 Å². The minimum Gasteiger partial charge on any atom is -0.494 e. The molecule has 74 heavy (non-hydrogen) atoms. The third-order valence-electron chi connectivity index (χ3n) is 12.7. The molecule has 0 heterocycles. The molecule has 384 valence electrons. The van der Waals surface area contributed by atoms with Crippen LogP contribution in [0.15, 0.2) is 141 Å². The molecule has 0 radical (unpaired) electrons. The van der Waals surface area contributed by atoms with E-state index in [-0.39, 0.29) is 18.0 Å². The number of rotatable bonds is 29. The van der Waals surface area contributed by atoms with Crippen molar-refractivity contribution in [2.75, 3.05) is 39.6 Å². The van der Waals surface area contributed by atoms with Gasteiger partial charge in [-0.05, 0) is 215 Å². The van der Waals surface area contributed by atoms with E-state index >= 15 is 0 Å². The van der Waals surface area contributed by atoms with Crippen molar-refractivity contribution in [2.24, 2.45) is 0 Å². The topological polar surface area (TPSA) is 98.8 Å². The van der Waals surface area contributed by atoms with E-state index in [1.807, 2.05) is 60.7 Å². The van der Waals surface area contributed by atoms with Gasteiger partial charge in [-0.25, -0.2) is 9.59 Å². The Balaban J connectivity index is 0.786. The Labute approximate surface area is 438 Å². The molecule has 0 amide bonds. The maximum atomic E-state index is 11.1. The second-order valence-corrected chi connectivity index (χ2v) is 18.5. The first-order valence-electron chi connectivity index (χ1n) is 26.5. The molecule has 1 fully saturated rings. The molecule has 6 aromatic rings. The van der Waals surface area contributed by atoms with Crippen molar-refractivity contribution in [3.05, 3.63) is 163 Å². The highest BCUT2D eigenvalue weighted by Gasteiger charge is 2.19. The number of unbranched alkanes of at least 4 members (excludes halogenated alkanes) is 9. The Kier molecular flexibility index (Phi) is 22.3. The van der Waals surface area contributed by atoms with Crippen LogP contribution in [-0.2, 0) is 19.1 Å². The minimum absolute atomic E-state index is 0.204. The molecule has 0 spiro atoms. The third-order valence-corrected chi connectivity index (χ3v) is 12.7. The number of ether oxygens (including phenoxy) is 7. The molecule has 9 nitrogen and oxygen atoms in total. The van der Waals surface area contributed by atoms with E-state index < -0.39 is 0 Å². The monoisotopic (exact) mass is 995 g/mol. The van der Waals surface area contributed by atoms with Crippen molar-refractivity contribution in [1.82, 2.24) is 0 Å². The largest absolute Gasteiger partial charge is 0.494 e. The minimum atomic E-state index is -0.370. The number of carbonyl (C=O) groups excluding carboxylic acids is 2. The van der Waals surface area contributed by atoms with Crippen molar-refractivity contribution >= 4 is 33.5 Å². The SMILES string of the molecule is C=CC(=O)OCCCCCCOc1ccc2cc(C#Cc3ccc(OCCCCCCOc4ccc(C#Cc5ccc6cc(OCCCCCCOC(=O)C=C)ccc6c5)cc4OC4CCCC4)cc3)ccc2c1. The number of fused-ring (bicyclic) bond motifs is 2. The number of hydrogen-bond acceptors (Lipinski definition) is 9. The highest BCUT2D eigenvalue weighted by molar-refractivity contribution is 5.86. The second-order valence-electron chi connectivity index (χ2n) is 18.5. The van der Waals surface area contributed by atoms with Crippen LogP contribution in [-0.4, -0.2) is 57.7 Å². The normalized spacial score (nSPS) is 11.9. The first kappa shape index (κ1) is 54.2. The van der Waals surface area contributed by atoms with Gasteiger partial charge in [0.1, 0.15) is 17.2 Å². The predicted octanol–water partition coefficient (Wildman–Crippen LogP) is 14.5.